The van der Waals surface area contributed by atoms with Gasteiger partial charge < -0.3 is 4.74 Å². The van der Waals surface area contributed by atoms with E-state index in [0.29, 0.717) is 6.07 Å². The van der Waals surface area contributed by atoms with E-state index in [1.54, 1.807) is 5.32 Å². The zero-order chi connectivity index (χ0) is 14.8. The molecule has 3 nitrogen and oxygen atoms in total. The third-order valence-corrected chi connectivity index (χ3v) is 1.92. The fourth-order valence-corrected chi connectivity index (χ4v) is 1.24. The molecule has 1 aromatic carbocycles. The van der Waals surface area contributed by atoms with E-state index in [2.05, 4.69) is 4.74 Å². The average molecular weight is 283 g/mol. The lowest BCUT2D eigenvalue weighted by Gasteiger charge is -2.13. The van der Waals surface area contributed by atoms with Crippen LogP contribution in [0.2, 0.25) is 0 Å². The van der Waals surface area contributed by atoms with Gasteiger partial charge in [0.15, 0.2) is 5.82 Å². The summed E-state index contributed by atoms with van der Waals surface area (Å²) in [5, 5.41) is 1.72. The Labute approximate surface area is 105 Å². The van der Waals surface area contributed by atoms with E-state index in [-0.39, 0.29) is 6.07 Å². The lowest BCUT2D eigenvalue weighted by Crippen LogP contribution is -2.20. The van der Waals surface area contributed by atoms with Gasteiger partial charge in [0.2, 0.25) is 0 Å². The number of carbonyl (C=O) groups is 1. The first-order valence-corrected chi connectivity index (χ1v) is 5.15. The molecule has 0 saturated carbocycles. The summed E-state index contributed by atoms with van der Waals surface area (Å²) in [5.41, 5.74) is -2.73. The van der Waals surface area contributed by atoms with Crippen molar-refractivity contribution < 1.29 is 31.5 Å². The molecule has 0 aliphatic carbocycles. The van der Waals surface area contributed by atoms with Crippen LogP contribution in [0.1, 0.15) is 19.4 Å². The lowest BCUT2D eigenvalue weighted by molar-refractivity contribution is -0.140. The summed E-state index contributed by atoms with van der Waals surface area (Å²) in [6.07, 6.45) is -6.80. The predicted octanol–water partition coefficient (Wildman–Crippen LogP) is 3.94. The molecule has 1 amide bonds. The second-order valence-corrected chi connectivity index (χ2v) is 3.89. The molecule has 106 valence electrons. The van der Waals surface area contributed by atoms with E-state index in [0.717, 1.165) is 0 Å². The van der Waals surface area contributed by atoms with Gasteiger partial charge in [-0.05, 0) is 19.9 Å². The van der Waals surface area contributed by atoms with Crippen LogP contribution >= 0.6 is 0 Å². The van der Waals surface area contributed by atoms with Gasteiger partial charge in [-0.3, -0.25) is 5.32 Å². The molecule has 0 spiro atoms. The second-order valence-electron chi connectivity index (χ2n) is 3.89. The first-order chi connectivity index (χ1) is 8.61. The highest BCUT2D eigenvalue weighted by Gasteiger charge is 2.36. The normalized spacial score (nSPS) is 11.6. The Morgan fingerprint density at radius 2 is 1.84 bits per heavy atom. The summed E-state index contributed by atoms with van der Waals surface area (Å²) in [7, 11) is 0. The standard InChI is InChI=1S/C11H10F5NO2/c1-5(2)19-10(18)17-8-4-6(12)3-7(9(8)13)11(14,15)16/h3-5H,1-2H3,(H,17,18). The Morgan fingerprint density at radius 3 is 2.32 bits per heavy atom. The van der Waals surface area contributed by atoms with Crippen LogP contribution in [0.3, 0.4) is 0 Å². The number of nitrogens with one attached hydrogen (secondary N) is 1. The molecule has 1 rings (SSSR count). The van der Waals surface area contributed by atoms with Gasteiger partial charge in [0.25, 0.3) is 0 Å². The highest BCUT2D eigenvalue weighted by Crippen LogP contribution is 2.34. The van der Waals surface area contributed by atoms with Crippen LogP contribution in [0, 0.1) is 11.6 Å². The van der Waals surface area contributed by atoms with Crippen LogP contribution < -0.4 is 5.32 Å². The van der Waals surface area contributed by atoms with Crippen molar-refractivity contribution in [3.8, 4) is 0 Å². The first-order valence-electron chi connectivity index (χ1n) is 5.15. The molecule has 0 aliphatic heterocycles. The Bertz CT molecular complexity index is 485. The Balaban J connectivity index is 3.09. The van der Waals surface area contributed by atoms with Crippen LogP contribution in [0.25, 0.3) is 0 Å². The van der Waals surface area contributed by atoms with Crippen LogP contribution in [0.4, 0.5) is 32.4 Å². The van der Waals surface area contributed by atoms with Gasteiger partial charge in [-0.1, -0.05) is 0 Å². The number of carbonyl (C=O) groups excluding carboxylic acids is 1. The summed E-state index contributed by atoms with van der Waals surface area (Å²) < 4.78 is 68.3. The van der Waals surface area contributed by atoms with E-state index < -0.39 is 41.3 Å². The number of rotatable bonds is 2. The van der Waals surface area contributed by atoms with Crippen LogP contribution in [-0.2, 0) is 10.9 Å². The molecule has 0 saturated heterocycles. The zero-order valence-electron chi connectivity index (χ0n) is 9.94. The number of anilines is 1. The SMILES string of the molecule is CC(C)OC(=O)Nc1cc(F)cc(C(F)(F)F)c1F. The number of hydrogen-bond acceptors (Lipinski definition) is 2. The van der Waals surface area contributed by atoms with Crippen molar-refractivity contribution in [3.05, 3.63) is 29.3 Å². The zero-order valence-corrected chi connectivity index (χ0v) is 9.94. The van der Waals surface area contributed by atoms with E-state index in [4.69, 9.17) is 0 Å². The minimum Gasteiger partial charge on any atom is -0.447 e. The molecule has 0 unspecified atom stereocenters. The van der Waals surface area contributed by atoms with E-state index >= 15 is 0 Å². The molecular weight excluding hydrogens is 273 g/mol. The molecule has 19 heavy (non-hydrogen) atoms. The van der Waals surface area contributed by atoms with Crippen molar-refractivity contribution in [2.24, 2.45) is 0 Å². The maximum Gasteiger partial charge on any atom is 0.419 e. The highest BCUT2D eigenvalue weighted by atomic mass is 19.4. The van der Waals surface area contributed by atoms with Gasteiger partial charge in [-0.25, -0.2) is 13.6 Å². The maximum atomic E-state index is 13.5. The summed E-state index contributed by atoms with van der Waals surface area (Å²) in [6, 6.07) is 0.445. The third-order valence-electron chi connectivity index (χ3n) is 1.92. The van der Waals surface area contributed by atoms with Gasteiger partial charge in [-0.2, -0.15) is 13.2 Å². The quantitative estimate of drug-likeness (QED) is 0.835. The van der Waals surface area contributed by atoms with Gasteiger partial charge in [0.05, 0.1) is 17.4 Å². The second kappa shape index (κ2) is 5.41. The number of benzene rings is 1. The number of alkyl halides is 3. The van der Waals surface area contributed by atoms with Crippen molar-refractivity contribution in [2.45, 2.75) is 26.1 Å². The molecule has 0 aromatic heterocycles. The van der Waals surface area contributed by atoms with Gasteiger partial charge >= 0.3 is 12.3 Å². The molecular formula is C11H10F5NO2. The topological polar surface area (TPSA) is 38.3 Å². The summed E-state index contributed by atoms with van der Waals surface area (Å²) in [4.78, 5) is 11.1. The maximum absolute atomic E-state index is 13.5. The van der Waals surface area contributed by atoms with E-state index in [1.807, 2.05) is 0 Å². The number of halogens is 5. The Morgan fingerprint density at radius 1 is 1.26 bits per heavy atom. The van der Waals surface area contributed by atoms with Crippen LogP contribution in [0.15, 0.2) is 12.1 Å². The highest BCUT2D eigenvalue weighted by molar-refractivity contribution is 5.85. The van der Waals surface area contributed by atoms with Gasteiger partial charge in [-0.15, -0.1) is 0 Å². The molecule has 0 atom stereocenters. The fraction of sp³-hybridized carbons (Fsp3) is 0.364. The van der Waals surface area contributed by atoms with Gasteiger partial charge in [0.1, 0.15) is 5.82 Å². The molecule has 0 fully saturated rings. The molecule has 1 N–H and O–H groups in total. The van der Waals surface area contributed by atoms with Crippen LogP contribution in [0.5, 0.6) is 0 Å². The van der Waals surface area contributed by atoms with Crippen LogP contribution in [-0.4, -0.2) is 12.2 Å². The number of ether oxygens (including phenoxy) is 1. The predicted molar refractivity (Wildman–Crippen MR) is 56.6 cm³/mol. The van der Waals surface area contributed by atoms with Crippen molar-refractivity contribution in [1.29, 1.82) is 0 Å². The average Bonchev–Trinajstić information content (AvgIpc) is 2.19. The molecule has 0 radical (unpaired) electrons. The summed E-state index contributed by atoms with van der Waals surface area (Å²) in [6.45, 7) is 2.98. The number of amides is 1. The first kappa shape index (κ1) is 15.2. The molecule has 1 aromatic rings. The Kier molecular flexibility index (Phi) is 4.33. The Hall–Kier alpha value is -1.86. The minimum absolute atomic E-state index is 0.00823. The molecule has 0 heterocycles. The van der Waals surface area contributed by atoms with Crippen molar-refractivity contribution in [2.75, 3.05) is 5.32 Å². The fourth-order valence-electron chi connectivity index (χ4n) is 1.24. The van der Waals surface area contributed by atoms with Crippen molar-refractivity contribution in [1.82, 2.24) is 0 Å². The summed E-state index contributed by atoms with van der Waals surface area (Å²) >= 11 is 0. The lowest BCUT2D eigenvalue weighted by atomic mass is 10.1. The minimum atomic E-state index is -5.06. The third kappa shape index (κ3) is 4.08. The van der Waals surface area contributed by atoms with Crippen molar-refractivity contribution in [3.63, 3.8) is 0 Å². The van der Waals surface area contributed by atoms with E-state index in [9.17, 15) is 26.7 Å². The number of hydrogen-bond donors (Lipinski definition) is 1. The molecule has 8 heteroatoms. The van der Waals surface area contributed by atoms with Crippen molar-refractivity contribution >= 4 is 11.8 Å². The monoisotopic (exact) mass is 283 g/mol. The van der Waals surface area contributed by atoms with E-state index in [1.165, 1.54) is 13.8 Å². The smallest absolute Gasteiger partial charge is 0.419 e. The molecule has 0 aliphatic rings. The summed E-state index contributed by atoms with van der Waals surface area (Å²) in [5.74, 6) is -3.09. The largest absolute Gasteiger partial charge is 0.447 e. The molecule has 0 bridgehead atoms. The van der Waals surface area contributed by atoms with Gasteiger partial charge in [0, 0.05) is 6.07 Å².